The highest BCUT2D eigenvalue weighted by Gasteiger charge is 2.41. The summed E-state index contributed by atoms with van der Waals surface area (Å²) in [6.45, 7) is 1.75. The van der Waals surface area contributed by atoms with E-state index in [4.69, 9.17) is 4.74 Å². The summed E-state index contributed by atoms with van der Waals surface area (Å²) in [5.74, 6) is -0.00955. The molecule has 1 N–H and O–H groups in total. The number of likely N-dealkylation sites (tertiary alicyclic amines) is 1. The molecule has 1 saturated carbocycles. The summed E-state index contributed by atoms with van der Waals surface area (Å²) in [4.78, 5) is 27.7. The van der Waals surface area contributed by atoms with Crippen molar-refractivity contribution in [1.29, 1.82) is 0 Å². The van der Waals surface area contributed by atoms with Gasteiger partial charge in [0.2, 0.25) is 5.91 Å². The summed E-state index contributed by atoms with van der Waals surface area (Å²) in [7, 11) is 0. The molecule has 0 unspecified atom stereocenters. The summed E-state index contributed by atoms with van der Waals surface area (Å²) >= 11 is 0. The summed E-state index contributed by atoms with van der Waals surface area (Å²) in [6.07, 6.45) is 5.98. The van der Waals surface area contributed by atoms with E-state index in [2.05, 4.69) is 5.32 Å². The molecule has 1 atom stereocenters. The predicted octanol–water partition coefficient (Wildman–Crippen LogP) is 4.32. The van der Waals surface area contributed by atoms with Gasteiger partial charge in [0.05, 0.1) is 0 Å². The van der Waals surface area contributed by atoms with E-state index in [9.17, 15) is 9.59 Å². The molecule has 2 aliphatic rings. The normalized spacial score (nSPS) is 18.3. The number of amides is 2. The lowest BCUT2D eigenvalue weighted by Gasteiger charge is -2.48. The molecule has 5 nitrogen and oxygen atoms in total. The molecule has 0 aromatic heterocycles. The lowest BCUT2D eigenvalue weighted by molar-refractivity contribution is -0.136. The van der Waals surface area contributed by atoms with Crippen LogP contribution < -0.4 is 5.32 Å². The standard InChI is InChI=1S/C25H30N2O3/c28-23(27-16-14-25(15-17-27)12-7-13-25)22(18-20-8-3-1-4-9-20)26-24(29)30-19-21-10-5-2-6-11-21/h1-6,8-11,22H,7,12-19H2,(H,26,29)/t22-/m1/s1. The summed E-state index contributed by atoms with van der Waals surface area (Å²) in [5.41, 5.74) is 2.42. The van der Waals surface area contributed by atoms with Crippen molar-refractivity contribution in [3.8, 4) is 0 Å². The van der Waals surface area contributed by atoms with Crippen molar-refractivity contribution >= 4 is 12.0 Å². The van der Waals surface area contributed by atoms with Crippen LogP contribution in [-0.4, -0.2) is 36.0 Å². The number of hydrogen-bond donors (Lipinski definition) is 1. The Labute approximate surface area is 178 Å². The molecule has 2 amide bonds. The van der Waals surface area contributed by atoms with Crippen molar-refractivity contribution in [3.05, 3.63) is 71.8 Å². The average Bonchev–Trinajstić information content (AvgIpc) is 2.77. The van der Waals surface area contributed by atoms with E-state index in [0.717, 1.165) is 37.1 Å². The van der Waals surface area contributed by atoms with E-state index in [1.807, 2.05) is 65.6 Å². The molecule has 2 fully saturated rings. The second-order valence-electron chi connectivity index (χ2n) is 8.63. The van der Waals surface area contributed by atoms with Gasteiger partial charge in [0.1, 0.15) is 12.6 Å². The smallest absolute Gasteiger partial charge is 0.408 e. The van der Waals surface area contributed by atoms with Gasteiger partial charge < -0.3 is 15.0 Å². The van der Waals surface area contributed by atoms with Crippen molar-refractivity contribution in [2.75, 3.05) is 13.1 Å². The van der Waals surface area contributed by atoms with Gasteiger partial charge in [-0.3, -0.25) is 4.79 Å². The van der Waals surface area contributed by atoms with Crippen LogP contribution in [0.5, 0.6) is 0 Å². The van der Waals surface area contributed by atoms with Gasteiger partial charge in [-0.25, -0.2) is 4.79 Å². The fourth-order valence-corrected chi connectivity index (χ4v) is 4.56. The molecule has 0 bridgehead atoms. The Balaban J connectivity index is 1.38. The number of alkyl carbamates (subject to hydrolysis) is 1. The fourth-order valence-electron chi connectivity index (χ4n) is 4.56. The van der Waals surface area contributed by atoms with Gasteiger partial charge in [-0.2, -0.15) is 0 Å². The lowest BCUT2D eigenvalue weighted by atomic mass is 9.63. The topological polar surface area (TPSA) is 58.6 Å². The fraction of sp³-hybridized carbons (Fsp3) is 0.440. The first-order valence-corrected chi connectivity index (χ1v) is 10.9. The van der Waals surface area contributed by atoms with Crippen LogP contribution in [0.2, 0.25) is 0 Å². The summed E-state index contributed by atoms with van der Waals surface area (Å²) in [6, 6.07) is 18.7. The van der Waals surface area contributed by atoms with Crippen molar-refractivity contribution in [2.45, 2.75) is 51.2 Å². The Bertz CT molecular complexity index is 839. The van der Waals surface area contributed by atoms with Crippen molar-refractivity contribution in [2.24, 2.45) is 5.41 Å². The quantitative estimate of drug-likeness (QED) is 0.777. The predicted molar refractivity (Wildman–Crippen MR) is 116 cm³/mol. The summed E-state index contributed by atoms with van der Waals surface area (Å²) < 4.78 is 5.37. The molecule has 0 radical (unpaired) electrons. The second kappa shape index (κ2) is 9.33. The van der Waals surface area contributed by atoms with Crippen LogP contribution in [0.3, 0.4) is 0 Å². The lowest BCUT2D eigenvalue weighted by Crippen LogP contribution is -2.53. The minimum absolute atomic E-state index is 0.00955. The maximum Gasteiger partial charge on any atom is 0.408 e. The van der Waals surface area contributed by atoms with Crippen LogP contribution in [0.25, 0.3) is 0 Å². The third-order valence-corrected chi connectivity index (χ3v) is 6.64. The maximum atomic E-state index is 13.3. The van der Waals surface area contributed by atoms with Crippen LogP contribution in [0.4, 0.5) is 4.79 Å². The van der Waals surface area contributed by atoms with E-state index < -0.39 is 12.1 Å². The zero-order chi connectivity index (χ0) is 20.8. The van der Waals surface area contributed by atoms with Gasteiger partial charge in [-0.1, -0.05) is 67.1 Å². The minimum atomic E-state index is -0.619. The highest BCUT2D eigenvalue weighted by Crippen LogP contribution is 2.48. The third-order valence-electron chi connectivity index (χ3n) is 6.64. The largest absolute Gasteiger partial charge is 0.445 e. The minimum Gasteiger partial charge on any atom is -0.445 e. The van der Waals surface area contributed by atoms with Crippen molar-refractivity contribution in [3.63, 3.8) is 0 Å². The van der Waals surface area contributed by atoms with E-state index in [-0.39, 0.29) is 12.5 Å². The molecule has 5 heteroatoms. The molecule has 1 heterocycles. The molecule has 158 valence electrons. The number of piperidine rings is 1. The molecule has 1 aliphatic carbocycles. The van der Waals surface area contributed by atoms with Gasteiger partial charge in [0.15, 0.2) is 0 Å². The first-order chi connectivity index (χ1) is 14.6. The SMILES string of the molecule is O=C(N[C@H](Cc1ccccc1)C(=O)N1CCC2(CCC2)CC1)OCc1ccccc1. The monoisotopic (exact) mass is 406 g/mol. The Morgan fingerprint density at radius 3 is 2.07 bits per heavy atom. The van der Waals surface area contributed by atoms with Crippen LogP contribution in [0, 0.1) is 5.41 Å². The number of rotatable bonds is 6. The molecule has 2 aromatic carbocycles. The van der Waals surface area contributed by atoms with E-state index >= 15 is 0 Å². The highest BCUT2D eigenvalue weighted by molar-refractivity contribution is 5.86. The number of hydrogen-bond acceptors (Lipinski definition) is 3. The van der Waals surface area contributed by atoms with Crippen LogP contribution in [-0.2, 0) is 22.6 Å². The van der Waals surface area contributed by atoms with E-state index in [1.165, 1.54) is 19.3 Å². The molecule has 1 spiro atoms. The van der Waals surface area contributed by atoms with E-state index in [1.54, 1.807) is 0 Å². The molecule has 4 rings (SSSR count). The zero-order valence-electron chi connectivity index (χ0n) is 17.4. The Morgan fingerprint density at radius 2 is 1.50 bits per heavy atom. The van der Waals surface area contributed by atoms with Gasteiger partial charge >= 0.3 is 6.09 Å². The number of benzene rings is 2. The number of ether oxygens (including phenoxy) is 1. The number of nitrogens with zero attached hydrogens (tertiary/aromatic N) is 1. The van der Waals surface area contributed by atoms with Gasteiger partial charge in [0, 0.05) is 19.5 Å². The van der Waals surface area contributed by atoms with Crippen LogP contribution in [0.1, 0.15) is 43.2 Å². The molecule has 1 aliphatic heterocycles. The summed E-state index contributed by atoms with van der Waals surface area (Å²) in [5, 5.41) is 2.83. The van der Waals surface area contributed by atoms with Gasteiger partial charge in [-0.05, 0) is 42.2 Å². The molecular formula is C25H30N2O3. The number of nitrogens with one attached hydrogen (secondary N) is 1. The maximum absolute atomic E-state index is 13.3. The first-order valence-electron chi connectivity index (χ1n) is 10.9. The van der Waals surface area contributed by atoms with Gasteiger partial charge in [-0.15, -0.1) is 0 Å². The van der Waals surface area contributed by atoms with Gasteiger partial charge in [0.25, 0.3) is 0 Å². The number of carbonyl (C=O) groups excluding carboxylic acids is 2. The van der Waals surface area contributed by atoms with Crippen LogP contribution >= 0.6 is 0 Å². The Morgan fingerprint density at radius 1 is 0.900 bits per heavy atom. The number of carbonyl (C=O) groups is 2. The third kappa shape index (κ3) is 5.02. The first kappa shape index (κ1) is 20.5. The second-order valence-corrected chi connectivity index (χ2v) is 8.63. The Kier molecular flexibility index (Phi) is 6.36. The highest BCUT2D eigenvalue weighted by atomic mass is 16.5. The molecular weight excluding hydrogens is 376 g/mol. The van der Waals surface area contributed by atoms with Crippen molar-refractivity contribution in [1.82, 2.24) is 10.2 Å². The molecule has 2 aromatic rings. The zero-order valence-corrected chi connectivity index (χ0v) is 17.4. The van der Waals surface area contributed by atoms with Crippen LogP contribution in [0.15, 0.2) is 60.7 Å². The average molecular weight is 407 g/mol. The van der Waals surface area contributed by atoms with Crippen molar-refractivity contribution < 1.29 is 14.3 Å². The Hall–Kier alpha value is -2.82. The molecule has 1 saturated heterocycles. The molecule has 30 heavy (non-hydrogen) atoms. The van der Waals surface area contributed by atoms with E-state index in [0.29, 0.717) is 11.8 Å².